The van der Waals surface area contributed by atoms with Crippen LogP contribution in [0.15, 0.2) is 60.7 Å². The van der Waals surface area contributed by atoms with Crippen LogP contribution in [-0.4, -0.2) is 4.92 Å². The van der Waals surface area contributed by atoms with Gasteiger partial charge in [-0.1, -0.05) is 47.5 Å². The second kappa shape index (κ2) is 6.63. The van der Waals surface area contributed by atoms with Gasteiger partial charge in [-0.2, -0.15) is 0 Å². The summed E-state index contributed by atoms with van der Waals surface area (Å²) in [6.07, 6.45) is 0. The molecule has 0 aliphatic heterocycles. The number of rotatable bonds is 3. The average Bonchev–Trinajstić information content (AvgIpc) is 2.55. The van der Waals surface area contributed by atoms with Crippen LogP contribution < -0.4 is 0 Å². The summed E-state index contributed by atoms with van der Waals surface area (Å²) in [5, 5.41) is 13.0. The molecule has 3 rings (SSSR count). The van der Waals surface area contributed by atoms with E-state index in [4.69, 9.17) is 23.2 Å². The molecule has 0 radical (unpaired) electrons. The fourth-order valence-electron chi connectivity index (χ4n) is 2.67. The Labute approximate surface area is 149 Å². The quantitative estimate of drug-likeness (QED) is 0.394. The van der Waals surface area contributed by atoms with Gasteiger partial charge in [-0.3, -0.25) is 10.1 Å². The van der Waals surface area contributed by atoms with Crippen LogP contribution in [0.4, 0.5) is 5.69 Å². The number of nitro benzene ring substituents is 1. The smallest absolute Gasteiger partial charge is 0.258 e. The van der Waals surface area contributed by atoms with Crippen molar-refractivity contribution in [3.05, 3.63) is 86.4 Å². The van der Waals surface area contributed by atoms with E-state index in [1.54, 1.807) is 48.5 Å². The van der Waals surface area contributed by atoms with Crippen molar-refractivity contribution < 1.29 is 4.92 Å². The summed E-state index contributed by atoms with van der Waals surface area (Å²) in [4.78, 5) is 11.4. The van der Waals surface area contributed by atoms with E-state index in [1.807, 2.05) is 19.1 Å². The molecule has 3 nitrogen and oxygen atoms in total. The van der Waals surface area contributed by atoms with Gasteiger partial charge in [0.05, 0.1) is 16.1 Å². The lowest BCUT2D eigenvalue weighted by Crippen LogP contribution is -1.97. The number of nitrogens with zero attached hydrogens (tertiary/aromatic N) is 1. The first kappa shape index (κ1) is 16.5. The molecular formula is C19H13Cl2NO2. The topological polar surface area (TPSA) is 43.1 Å². The lowest BCUT2D eigenvalue weighted by atomic mass is 9.94. The number of aryl methyl sites for hydroxylation is 1. The largest absolute Gasteiger partial charge is 0.284 e. The number of hydrogen-bond acceptors (Lipinski definition) is 2. The second-order valence-corrected chi connectivity index (χ2v) is 6.35. The van der Waals surface area contributed by atoms with Gasteiger partial charge in [0.2, 0.25) is 0 Å². The highest BCUT2D eigenvalue weighted by molar-refractivity contribution is 6.31. The molecule has 0 fully saturated rings. The van der Waals surface area contributed by atoms with E-state index in [2.05, 4.69) is 0 Å². The summed E-state index contributed by atoms with van der Waals surface area (Å²) in [7, 11) is 0. The summed E-state index contributed by atoms with van der Waals surface area (Å²) >= 11 is 11.9. The minimum absolute atomic E-state index is 0.0743. The summed E-state index contributed by atoms with van der Waals surface area (Å²) < 4.78 is 0. The third-order valence-corrected chi connectivity index (χ3v) is 4.25. The molecule has 3 aromatic rings. The fraction of sp³-hybridized carbons (Fsp3) is 0.0526. The Balaban J connectivity index is 2.28. The van der Waals surface area contributed by atoms with Gasteiger partial charge < -0.3 is 0 Å². The minimum atomic E-state index is -0.340. The molecular weight excluding hydrogens is 345 g/mol. The maximum atomic E-state index is 11.8. The fourth-order valence-corrected chi connectivity index (χ4v) is 2.93. The molecule has 0 bridgehead atoms. The zero-order valence-electron chi connectivity index (χ0n) is 12.8. The Morgan fingerprint density at radius 3 is 1.50 bits per heavy atom. The first-order valence-corrected chi connectivity index (χ1v) is 8.02. The van der Waals surface area contributed by atoms with Gasteiger partial charge >= 0.3 is 0 Å². The molecule has 0 saturated heterocycles. The third-order valence-electron chi connectivity index (χ3n) is 3.75. The van der Waals surface area contributed by atoms with Crippen molar-refractivity contribution in [2.75, 3.05) is 0 Å². The number of hydrogen-bond donors (Lipinski definition) is 0. The normalized spacial score (nSPS) is 10.6. The standard InChI is InChI=1S/C19H13Cl2NO2/c1-12-10-17(13-2-6-15(20)7-3-13)19(22(23)24)18(11-12)14-4-8-16(21)9-5-14/h2-11H,1H3. The van der Waals surface area contributed by atoms with Crippen LogP contribution in [0, 0.1) is 17.0 Å². The molecule has 0 heterocycles. The summed E-state index contributed by atoms with van der Waals surface area (Å²) in [6, 6.07) is 17.7. The number of benzene rings is 3. The Hall–Kier alpha value is -2.36. The molecule has 0 spiro atoms. The van der Waals surface area contributed by atoms with Gasteiger partial charge in [-0.25, -0.2) is 0 Å². The summed E-state index contributed by atoms with van der Waals surface area (Å²) in [5.74, 6) is 0. The van der Waals surface area contributed by atoms with Crippen LogP contribution in [0.3, 0.4) is 0 Å². The zero-order valence-corrected chi connectivity index (χ0v) is 14.3. The van der Waals surface area contributed by atoms with Crippen LogP contribution in [0.5, 0.6) is 0 Å². The molecule has 5 heteroatoms. The first-order valence-electron chi connectivity index (χ1n) is 7.26. The lowest BCUT2D eigenvalue weighted by molar-refractivity contribution is -0.383. The van der Waals surface area contributed by atoms with E-state index in [1.165, 1.54) is 0 Å². The van der Waals surface area contributed by atoms with Crippen LogP contribution in [0.25, 0.3) is 22.3 Å². The Kier molecular flexibility index (Phi) is 4.56. The van der Waals surface area contributed by atoms with Crippen molar-refractivity contribution in [1.29, 1.82) is 0 Å². The molecule has 3 aromatic carbocycles. The first-order chi connectivity index (χ1) is 11.5. The zero-order chi connectivity index (χ0) is 17.3. The Morgan fingerprint density at radius 2 is 1.17 bits per heavy atom. The van der Waals surface area contributed by atoms with Crippen LogP contribution in [-0.2, 0) is 0 Å². The molecule has 0 saturated carbocycles. The number of halogens is 2. The predicted octanol–water partition coefficient (Wildman–Crippen LogP) is 6.54. The highest BCUT2D eigenvalue weighted by atomic mass is 35.5. The van der Waals surface area contributed by atoms with Gasteiger partial charge in [0.1, 0.15) is 0 Å². The second-order valence-electron chi connectivity index (χ2n) is 5.48. The van der Waals surface area contributed by atoms with Crippen molar-refractivity contribution in [3.8, 4) is 22.3 Å². The van der Waals surface area contributed by atoms with E-state index in [9.17, 15) is 10.1 Å². The van der Waals surface area contributed by atoms with Crippen molar-refractivity contribution >= 4 is 28.9 Å². The highest BCUT2D eigenvalue weighted by Crippen LogP contribution is 2.40. The lowest BCUT2D eigenvalue weighted by Gasteiger charge is -2.11. The summed E-state index contributed by atoms with van der Waals surface area (Å²) in [5.41, 5.74) is 3.67. The molecule has 0 unspecified atom stereocenters. The van der Waals surface area contributed by atoms with Crippen LogP contribution >= 0.6 is 23.2 Å². The molecule has 0 aliphatic carbocycles. The third kappa shape index (κ3) is 3.28. The maximum absolute atomic E-state index is 11.8. The van der Waals surface area contributed by atoms with E-state index < -0.39 is 0 Å². The Morgan fingerprint density at radius 1 is 0.792 bits per heavy atom. The molecule has 0 aliphatic rings. The van der Waals surface area contributed by atoms with Crippen molar-refractivity contribution in [1.82, 2.24) is 0 Å². The van der Waals surface area contributed by atoms with E-state index in [0.717, 1.165) is 16.7 Å². The molecule has 120 valence electrons. The van der Waals surface area contributed by atoms with Crippen molar-refractivity contribution in [2.45, 2.75) is 6.92 Å². The minimum Gasteiger partial charge on any atom is -0.258 e. The molecule has 0 N–H and O–H groups in total. The van der Waals surface area contributed by atoms with Gasteiger partial charge in [0, 0.05) is 10.0 Å². The molecule has 24 heavy (non-hydrogen) atoms. The average molecular weight is 358 g/mol. The monoisotopic (exact) mass is 357 g/mol. The van der Waals surface area contributed by atoms with E-state index in [0.29, 0.717) is 21.2 Å². The number of nitro groups is 1. The molecule has 0 aromatic heterocycles. The van der Waals surface area contributed by atoms with E-state index >= 15 is 0 Å². The molecule has 0 atom stereocenters. The van der Waals surface area contributed by atoms with Gasteiger partial charge in [0.25, 0.3) is 5.69 Å². The van der Waals surface area contributed by atoms with Crippen LogP contribution in [0.1, 0.15) is 5.56 Å². The SMILES string of the molecule is Cc1cc(-c2ccc(Cl)cc2)c([N+](=O)[O-])c(-c2ccc(Cl)cc2)c1. The van der Waals surface area contributed by atoms with Gasteiger partial charge in [0.15, 0.2) is 0 Å². The van der Waals surface area contributed by atoms with Crippen LogP contribution in [0.2, 0.25) is 10.0 Å². The highest BCUT2D eigenvalue weighted by Gasteiger charge is 2.22. The van der Waals surface area contributed by atoms with Crippen molar-refractivity contribution in [2.24, 2.45) is 0 Å². The predicted molar refractivity (Wildman–Crippen MR) is 98.7 cm³/mol. The molecule has 0 amide bonds. The van der Waals surface area contributed by atoms with E-state index in [-0.39, 0.29) is 10.6 Å². The van der Waals surface area contributed by atoms with Crippen molar-refractivity contribution in [3.63, 3.8) is 0 Å². The maximum Gasteiger partial charge on any atom is 0.284 e. The van der Waals surface area contributed by atoms with Gasteiger partial charge in [-0.15, -0.1) is 0 Å². The van der Waals surface area contributed by atoms with Gasteiger partial charge in [-0.05, 0) is 60.0 Å². The Bertz CT molecular complexity index is 837. The summed E-state index contributed by atoms with van der Waals surface area (Å²) in [6.45, 7) is 1.92.